The molecule has 6 heteroatoms. The average molecular weight is 290 g/mol. The molecule has 1 aromatic heterocycles. The SMILES string of the molecule is COCCc1nsc(Nc2ccc3c(c2)N(C)CC3)n1. The topological polar surface area (TPSA) is 50.3 Å². The average Bonchev–Trinajstić information content (AvgIpc) is 3.04. The van der Waals surface area contributed by atoms with Gasteiger partial charge in [-0.15, -0.1) is 0 Å². The lowest BCUT2D eigenvalue weighted by Crippen LogP contribution is -2.12. The lowest BCUT2D eigenvalue weighted by molar-refractivity contribution is 0.201. The summed E-state index contributed by atoms with van der Waals surface area (Å²) in [5.41, 5.74) is 3.78. The highest BCUT2D eigenvalue weighted by Crippen LogP contribution is 2.31. The molecule has 0 unspecified atom stereocenters. The highest BCUT2D eigenvalue weighted by atomic mass is 32.1. The van der Waals surface area contributed by atoms with Crippen LogP contribution in [-0.2, 0) is 17.6 Å². The number of hydrogen-bond donors (Lipinski definition) is 1. The van der Waals surface area contributed by atoms with Crippen LogP contribution in [0, 0.1) is 0 Å². The Morgan fingerprint density at radius 3 is 3.20 bits per heavy atom. The van der Waals surface area contributed by atoms with E-state index >= 15 is 0 Å². The molecular weight excluding hydrogens is 272 g/mol. The van der Waals surface area contributed by atoms with E-state index in [4.69, 9.17) is 4.74 Å². The highest BCUT2D eigenvalue weighted by Gasteiger charge is 2.16. The van der Waals surface area contributed by atoms with Crippen molar-refractivity contribution in [2.45, 2.75) is 12.8 Å². The molecule has 1 aliphatic rings. The van der Waals surface area contributed by atoms with E-state index in [1.807, 2.05) is 0 Å². The van der Waals surface area contributed by atoms with Crippen LogP contribution >= 0.6 is 11.5 Å². The molecule has 2 aromatic rings. The molecule has 0 fully saturated rings. The van der Waals surface area contributed by atoms with Crippen molar-refractivity contribution in [3.8, 4) is 0 Å². The zero-order chi connectivity index (χ0) is 13.9. The molecule has 0 atom stereocenters. The standard InChI is InChI=1S/C14H18N4OS/c1-18-7-5-10-3-4-11(9-12(10)18)15-14-16-13(17-20-14)6-8-19-2/h3-4,9H,5-8H2,1-2H3,(H,15,16,17). The minimum Gasteiger partial charge on any atom is -0.384 e. The summed E-state index contributed by atoms with van der Waals surface area (Å²) >= 11 is 1.39. The number of ether oxygens (including phenoxy) is 1. The summed E-state index contributed by atoms with van der Waals surface area (Å²) in [6.45, 7) is 1.75. The van der Waals surface area contributed by atoms with Gasteiger partial charge in [0.15, 0.2) is 0 Å². The molecule has 20 heavy (non-hydrogen) atoms. The van der Waals surface area contributed by atoms with Crippen molar-refractivity contribution in [1.82, 2.24) is 9.36 Å². The van der Waals surface area contributed by atoms with E-state index in [-0.39, 0.29) is 0 Å². The molecule has 0 radical (unpaired) electrons. The summed E-state index contributed by atoms with van der Waals surface area (Å²) in [5.74, 6) is 0.831. The fourth-order valence-corrected chi connectivity index (χ4v) is 2.97. The number of likely N-dealkylation sites (N-methyl/N-ethyl adjacent to an activating group) is 1. The Balaban J connectivity index is 1.71. The van der Waals surface area contributed by atoms with Crippen LogP contribution in [0.25, 0.3) is 0 Å². The van der Waals surface area contributed by atoms with Gasteiger partial charge >= 0.3 is 0 Å². The Morgan fingerprint density at radius 2 is 2.35 bits per heavy atom. The summed E-state index contributed by atoms with van der Waals surface area (Å²) < 4.78 is 9.35. The summed E-state index contributed by atoms with van der Waals surface area (Å²) in [7, 11) is 3.82. The molecule has 0 spiro atoms. The van der Waals surface area contributed by atoms with Crippen molar-refractivity contribution in [1.29, 1.82) is 0 Å². The molecule has 1 aromatic carbocycles. The number of rotatable bonds is 5. The van der Waals surface area contributed by atoms with Gasteiger partial charge in [-0.2, -0.15) is 4.37 Å². The molecular formula is C14H18N4OS. The quantitative estimate of drug-likeness (QED) is 0.916. The van der Waals surface area contributed by atoms with Crippen molar-refractivity contribution in [3.05, 3.63) is 29.6 Å². The number of aromatic nitrogens is 2. The van der Waals surface area contributed by atoms with Gasteiger partial charge in [-0.05, 0) is 24.1 Å². The first kappa shape index (κ1) is 13.3. The normalized spacial score (nSPS) is 13.6. The minimum atomic E-state index is 0.653. The molecule has 5 nitrogen and oxygen atoms in total. The second-order valence-corrected chi connectivity index (χ2v) is 5.65. The molecule has 1 N–H and O–H groups in total. The van der Waals surface area contributed by atoms with E-state index in [2.05, 4.69) is 44.8 Å². The molecule has 1 aliphatic heterocycles. The first-order valence-corrected chi connectivity index (χ1v) is 7.46. The van der Waals surface area contributed by atoms with Crippen LogP contribution in [-0.4, -0.2) is 36.7 Å². The molecule has 0 amide bonds. The number of hydrogen-bond acceptors (Lipinski definition) is 6. The van der Waals surface area contributed by atoms with E-state index in [1.54, 1.807) is 7.11 Å². The van der Waals surface area contributed by atoms with Crippen LogP contribution in [0.2, 0.25) is 0 Å². The van der Waals surface area contributed by atoms with Gasteiger partial charge in [0.2, 0.25) is 5.13 Å². The fourth-order valence-electron chi connectivity index (χ4n) is 2.34. The Bertz CT molecular complexity index is 599. The summed E-state index contributed by atoms with van der Waals surface area (Å²) in [5, 5.41) is 4.16. The summed E-state index contributed by atoms with van der Waals surface area (Å²) in [6, 6.07) is 6.47. The maximum absolute atomic E-state index is 5.03. The molecule has 0 bridgehead atoms. The first-order chi connectivity index (χ1) is 9.76. The first-order valence-electron chi connectivity index (χ1n) is 6.69. The maximum atomic E-state index is 5.03. The zero-order valence-electron chi connectivity index (χ0n) is 11.7. The number of nitrogens with one attached hydrogen (secondary N) is 1. The number of benzene rings is 1. The Labute approximate surface area is 122 Å². The maximum Gasteiger partial charge on any atom is 0.207 e. The Morgan fingerprint density at radius 1 is 1.45 bits per heavy atom. The van der Waals surface area contributed by atoms with Crippen molar-refractivity contribution < 1.29 is 4.74 Å². The molecule has 3 rings (SSSR count). The van der Waals surface area contributed by atoms with Gasteiger partial charge in [0.25, 0.3) is 0 Å². The number of fused-ring (bicyclic) bond motifs is 1. The van der Waals surface area contributed by atoms with E-state index in [0.29, 0.717) is 6.61 Å². The molecule has 2 heterocycles. The molecule has 0 aliphatic carbocycles. The van der Waals surface area contributed by atoms with Crippen LogP contribution in [0.1, 0.15) is 11.4 Å². The lowest BCUT2D eigenvalue weighted by atomic mass is 10.1. The Hall–Kier alpha value is -1.66. The predicted octanol–water partition coefficient (Wildman–Crippen LogP) is 2.46. The lowest BCUT2D eigenvalue weighted by Gasteiger charge is -2.13. The highest BCUT2D eigenvalue weighted by molar-refractivity contribution is 7.09. The van der Waals surface area contributed by atoms with Crippen LogP contribution in [0.5, 0.6) is 0 Å². The van der Waals surface area contributed by atoms with Gasteiger partial charge in [-0.25, -0.2) is 4.98 Å². The van der Waals surface area contributed by atoms with Crippen molar-refractivity contribution in [3.63, 3.8) is 0 Å². The summed E-state index contributed by atoms with van der Waals surface area (Å²) in [4.78, 5) is 6.74. The van der Waals surface area contributed by atoms with Gasteiger partial charge in [-0.1, -0.05) is 6.07 Å². The van der Waals surface area contributed by atoms with Gasteiger partial charge in [-0.3, -0.25) is 0 Å². The second-order valence-electron chi connectivity index (χ2n) is 4.90. The van der Waals surface area contributed by atoms with Gasteiger partial charge in [0.1, 0.15) is 5.82 Å². The van der Waals surface area contributed by atoms with Gasteiger partial charge in [0.05, 0.1) is 6.61 Å². The van der Waals surface area contributed by atoms with Crippen molar-refractivity contribution in [2.24, 2.45) is 0 Å². The monoisotopic (exact) mass is 290 g/mol. The third-order valence-corrected chi connectivity index (χ3v) is 4.13. The van der Waals surface area contributed by atoms with E-state index in [0.717, 1.165) is 36.0 Å². The van der Waals surface area contributed by atoms with Crippen LogP contribution < -0.4 is 10.2 Å². The number of nitrogens with zero attached hydrogens (tertiary/aromatic N) is 3. The zero-order valence-corrected chi connectivity index (χ0v) is 12.5. The van der Waals surface area contributed by atoms with E-state index in [9.17, 15) is 0 Å². The third kappa shape index (κ3) is 2.76. The van der Waals surface area contributed by atoms with E-state index < -0.39 is 0 Å². The number of methoxy groups -OCH3 is 1. The smallest absolute Gasteiger partial charge is 0.207 e. The van der Waals surface area contributed by atoms with Crippen molar-refractivity contribution >= 4 is 28.0 Å². The van der Waals surface area contributed by atoms with Crippen LogP contribution in [0.15, 0.2) is 18.2 Å². The Kier molecular flexibility index (Phi) is 3.84. The van der Waals surface area contributed by atoms with Gasteiger partial charge in [0, 0.05) is 50.0 Å². The largest absolute Gasteiger partial charge is 0.384 e. The minimum absolute atomic E-state index is 0.653. The van der Waals surface area contributed by atoms with E-state index in [1.165, 1.54) is 22.8 Å². The summed E-state index contributed by atoms with van der Waals surface area (Å²) in [6.07, 6.45) is 1.88. The third-order valence-electron chi connectivity index (χ3n) is 3.46. The van der Waals surface area contributed by atoms with Crippen molar-refractivity contribution in [2.75, 3.05) is 37.5 Å². The van der Waals surface area contributed by atoms with Gasteiger partial charge < -0.3 is 15.0 Å². The molecule has 106 valence electrons. The molecule has 0 saturated heterocycles. The van der Waals surface area contributed by atoms with Crippen LogP contribution in [0.4, 0.5) is 16.5 Å². The fraction of sp³-hybridized carbons (Fsp3) is 0.429. The predicted molar refractivity (Wildman–Crippen MR) is 82.2 cm³/mol. The molecule has 0 saturated carbocycles. The van der Waals surface area contributed by atoms with Crippen LogP contribution in [0.3, 0.4) is 0 Å². The second kappa shape index (κ2) is 5.76. The number of anilines is 3.